The topological polar surface area (TPSA) is 107 Å². The Bertz CT molecular complexity index is 1030. The highest BCUT2D eigenvalue weighted by Gasteiger charge is 2.44. The molecule has 0 bridgehead atoms. The number of carbonyl (C=O) groups is 2. The van der Waals surface area contributed by atoms with Gasteiger partial charge in [0, 0.05) is 31.6 Å². The molecule has 2 aromatic rings. The van der Waals surface area contributed by atoms with Gasteiger partial charge in [-0.1, -0.05) is 19.1 Å². The Morgan fingerprint density at radius 1 is 1.25 bits per heavy atom. The van der Waals surface area contributed by atoms with E-state index >= 15 is 0 Å². The molecular weight excluding hydrogens is 410 g/mol. The summed E-state index contributed by atoms with van der Waals surface area (Å²) in [7, 11) is 1.93. The van der Waals surface area contributed by atoms with Gasteiger partial charge in [-0.3, -0.25) is 14.3 Å². The van der Waals surface area contributed by atoms with Crippen molar-refractivity contribution in [3.05, 3.63) is 28.3 Å². The number of aromatic nitrogens is 5. The summed E-state index contributed by atoms with van der Waals surface area (Å²) >= 11 is 0. The van der Waals surface area contributed by atoms with E-state index in [1.807, 2.05) is 49.0 Å². The van der Waals surface area contributed by atoms with E-state index in [2.05, 4.69) is 20.7 Å². The number of amides is 2. The SMILES string of the molecule is Cc1nn(C)c(C)c1CCC(=O)N1CCC2(C1)Cn1nnc(CNC(=O)C(C)C)c1CO2. The maximum absolute atomic E-state index is 12.9. The summed E-state index contributed by atoms with van der Waals surface area (Å²) in [5.41, 5.74) is 4.48. The first kappa shape index (κ1) is 22.4. The molecule has 2 aromatic heterocycles. The molecule has 0 saturated carbocycles. The van der Waals surface area contributed by atoms with Crippen molar-refractivity contribution in [1.82, 2.24) is 35.0 Å². The van der Waals surface area contributed by atoms with Crippen LogP contribution in [-0.4, -0.2) is 60.2 Å². The number of hydrogen-bond acceptors (Lipinski definition) is 6. The number of nitrogens with one attached hydrogen (secondary N) is 1. The van der Waals surface area contributed by atoms with Gasteiger partial charge in [0.05, 0.1) is 37.6 Å². The number of ether oxygens (including phenoxy) is 1. The molecule has 4 rings (SSSR count). The van der Waals surface area contributed by atoms with Gasteiger partial charge in [-0.15, -0.1) is 5.10 Å². The average Bonchev–Trinajstić information content (AvgIpc) is 3.41. The lowest BCUT2D eigenvalue weighted by molar-refractivity contribution is -0.133. The van der Waals surface area contributed by atoms with Crippen LogP contribution >= 0.6 is 0 Å². The third kappa shape index (κ3) is 4.28. The van der Waals surface area contributed by atoms with Crippen LogP contribution in [-0.2, 0) is 47.5 Å². The number of likely N-dealkylation sites (tertiary alicyclic amines) is 1. The van der Waals surface area contributed by atoms with Crippen LogP contribution in [0.2, 0.25) is 0 Å². The highest BCUT2D eigenvalue weighted by Crippen LogP contribution is 2.33. The molecule has 10 heteroatoms. The van der Waals surface area contributed by atoms with Crippen molar-refractivity contribution in [2.75, 3.05) is 13.1 Å². The number of aryl methyl sites for hydroxylation is 2. The van der Waals surface area contributed by atoms with Gasteiger partial charge >= 0.3 is 0 Å². The van der Waals surface area contributed by atoms with Crippen LogP contribution in [0.25, 0.3) is 0 Å². The molecule has 2 amide bonds. The minimum absolute atomic E-state index is 0.0124. The number of hydrogen-bond donors (Lipinski definition) is 1. The zero-order valence-corrected chi connectivity index (χ0v) is 19.6. The van der Waals surface area contributed by atoms with Gasteiger partial charge in [0.1, 0.15) is 11.3 Å². The Balaban J connectivity index is 1.34. The largest absolute Gasteiger partial charge is 0.365 e. The monoisotopic (exact) mass is 443 g/mol. The lowest BCUT2D eigenvalue weighted by atomic mass is 10.0. The summed E-state index contributed by atoms with van der Waals surface area (Å²) < 4.78 is 10.0. The molecule has 4 heterocycles. The second-order valence-electron chi connectivity index (χ2n) is 9.32. The molecule has 1 N–H and O–H groups in total. The summed E-state index contributed by atoms with van der Waals surface area (Å²) in [5.74, 6) is 0.0603. The van der Waals surface area contributed by atoms with Crippen molar-refractivity contribution >= 4 is 11.8 Å². The smallest absolute Gasteiger partial charge is 0.223 e. The third-order valence-corrected chi connectivity index (χ3v) is 6.74. The zero-order chi connectivity index (χ0) is 23.0. The standard InChI is InChI=1S/C22H33N7O3/c1-14(2)21(31)23-10-18-19-11-32-22(13-29(19)26-24-18)8-9-28(12-22)20(30)7-6-17-15(3)25-27(5)16(17)4/h14H,6-13H2,1-5H3,(H,23,31). The van der Waals surface area contributed by atoms with E-state index in [0.29, 0.717) is 45.6 Å². The van der Waals surface area contributed by atoms with Crippen LogP contribution in [0.4, 0.5) is 0 Å². The molecule has 1 unspecified atom stereocenters. The predicted molar refractivity (Wildman–Crippen MR) is 116 cm³/mol. The predicted octanol–water partition coefficient (Wildman–Crippen LogP) is 1.03. The van der Waals surface area contributed by atoms with E-state index in [1.165, 1.54) is 0 Å². The average molecular weight is 444 g/mol. The van der Waals surface area contributed by atoms with E-state index in [0.717, 1.165) is 34.8 Å². The van der Waals surface area contributed by atoms with Gasteiger partial charge in [-0.05, 0) is 32.3 Å². The van der Waals surface area contributed by atoms with E-state index in [9.17, 15) is 9.59 Å². The van der Waals surface area contributed by atoms with Crippen LogP contribution < -0.4 is 5.32 Å². The van der Waals surface area contributed by atoms with E-state index < -0.39 is 5.60 Å². The van der Waals surface area contributed by atoms with Gasteiger partial charge in [-0.2, -0.15) is 5.10 Å². The maximum atomic E-state index is 12.9. The summed E-state index contributed by atoms with van der Waals surface area (Å²) in [4.78, 5) is 26.7. The van der Waals surface area contributed by atoms with Gasteiger partial charge in [-0.25, -0.2) is 4.68 Å². The van der Waals surface area contributed by atoms with E-state index in [4.69, 9.17) is 4.74 Å². The Labute approximate surface area is 188 Å². The molecule has 0 aliphatic carbocycles. The molecule has 32 heavy (non-hydrogen) atoms. The Kier molecular flexibility index (Phi) is 6.07. The summed E-state index contributed by atoms with van der Waals surface area (Å²) in [6.07, 6.45) is 1.95. The molecule has 1 spiro atoms. The molecule has 1 saturated heterocycles. The highest BCUT2D eigenvalue weighted by molar-refractivity contribution is 5.78. The molecule has 2 aliphatic heterocycles. The van der Waals surface area contributed by atoms with Crippen LogP contribution in [0.3, 0.4) is 0 Å². The minimum atomic E-state index is -0.422. The van der Waals surface area contributed by atoms with Gasteiger partial charge < -0.3 is 15.0 Å². The van der Waals surface area contributed by atoms with E-state index in [1.54, 1.807) is 0 Å². The summed E-state index contributed by atoms with van der Waals surface area (Å²) in [5, 5.41) is 15.9. The molecule has 10 nitrogen and oxygen atoms in total. The van der Waals surface area contributed by atoms with Gasteiger partial charge in [0.15, 0.2) is 0 Å². The second kappa shape index (κ2) is 8.65. The zero-order valence-electron chi connectivity index (χ0n) is 19.6. The Morgan fingerprint density at radius 2 is 2.03 bits per heavy atom. The third-order valence-electron chi connectivity index (χ3n) is 6.74. The first-order chi connectivity index (χ1) is 15.2. The number of fused-ring (bicyclic) bond motifs is 1. The van der Waals surface area contributed by atoms with Crippen LogP contribution in [0.1, 0.15) is 55.0 Å². The molecule has 0 aromatic carbocycles. The Morgan fingerprint density at radius 3 is 2.72 bits per heavy atom. The summed E-state index contributed by atoms with van der Waals surface area (Å²) in [6.45, 7) is 10.3. The highest BCUT2D eigenvalue weighted by atomic mass is 16.5. The second-order valence-corrected chi connectivity index (χ2v) is 9.32. The number of carbonyl (C=O) groups excluding carboxylic acids is 2. The molecule has 1 fully saturated rings. The minimum Gasteiger partial charge on any atom is -0.365 e. The molecule has 1 atom stereocenters. The number of nitrogens with zero attached hydrogens (tertiary/aromatic N) is 6. The van der Waals surface area contributed by atoms with Gasteiger partial charge in [0.25, 0.3) is 0 Å². The Hall–Kier alpha value is -2.75. The lowest BCUT2D eigenvalue weighted by Gasteiger charge is -2.34. The first-order valence-corrected chi connectivity index (χ1v) is 11.3. The van der Waals surface area contributed by atoms with Crippen LogP contribution in [0.15, 0.2) is 0 Å². The van der Waals surface area contributed by atoms with Gasteiger partial charge in [0.2, 0.25) is 11.8 Å². The van der Waals surface area contributed by atoms with Crippen LogP contribution in [0, 0.1) is 19.8 Å². The molecule has 2 aliphatic rings. The molecular formula is C22H33N7O3. The van der Waals surface area contributed by atoms with Crippen molar-refractivity contribution in [2.24, 2.45) is 13.0 Å². The fourth-order valence-electron chi connectivity index (χ4n) is 4.58. The normalized spacial score (nSPS) is 20.2. The molecule has 0 radical (unpaired) electrons. The first-order valence-electron chi connectivity index (χ1n) is 11.3. The fourth-order valence-corrected chi connectivity index (χ4v) is 4.58. The fraction of sp³-hybridized carbons (Fsp3) is 0.682. The van der Waals surface area contributed by atoms with E-state index in [-0.39, 0.29) is 17.7 Å². The van der Waals surface area contributed by atoms with Crippen molar-refractivity contribution in [1.29, 1.82) is 0 Å². The van der Waals surface area contributed by atoms with Crippen LogP contribution in [0.5, 0.6) is 0 Å². The number of rotatable bonds is 6. The van der Waals surface area contributed by atoms with Crippen molar-refractivity contribution < 1.29 is 14.3 Å². The van der Waals surface area contributed by atoms with Crippen molar-refractivity contribution in [2.45, 2.75) is 72.3 Å². The lowest BCUT2D eigenvalue weighted by Crippen LogP contribution is -2.45. The van der Waals surface area contributed by atoms with Crippen molar-refractivity contribution in [3.63, 3.8) is 0 Å². The maximum Gasteiger partial charge on any atom is 0.223 e. The van der Waals surface area contributed by atoms with Crippen molar-refractivity contribution in [3.8, 4) is 0 Å². The molecule has 174 valence electrons. The summed E-state index contributed by atoms with van der Waals surface area (Å²) in [6, 6.07) is 0. The quantitative estimate of drug-likeness (QED) is 0.715.